The SMILES string of the molecule is C/C(N)=N/N=C1/CCCC(C)C1.C/C(N)=N/N=C1\CCCC(C)C1.C/C(N)=N\N=C1/CCCC(C)C1.C/C(N)=N\N=C1\CCCC(C)C1.[B].[B].[B].[B]. The lowest BCUT2D eigenvalue weighted by molar-refractivity contribution is 0.499. The van der Waals surface area contributed by atoms with Crippen LogP contribution in [0.5, 0.6) is 0 Å². The molecule has 16 heteroatoms. The lowest BCUT2D eigenvalue weighted by Gasteiger charge is -2.17. The van der Waals surface area contributed by atoms with Crippen LogP contribution < -0.4 is 22.9 Å². The van der Waals surface area contributed by atoms with Crippen LogP contribution in [-0.4, -0.2) is 79.8 Å². The molecule has 0 saturated heterocycles. The maximum Gasteiger partial charge on any atom is 0.119 e. The lowest BCUT2D eigenvalue weighted by Crippen LogP contribution is -2.13. The second kappa shape index (κ2) is 32.5. The van der Waals surface area contributed by atoms with Crippen molar-refractivity contribution in [3.63, 3.8) is 0 Å². The third kappa shape index (κ3) is 30.4. The lowest BCUT2D eigenvalue weighted by atomic mass is 9.89. The van der Waals surface area contributed by atoms with Crippen molar-refractivity contribution < 1.29 is 0 Å². The molecule has 4 unspecified atom stereocenters. The summed E-state index contributed by atoms with van der Waals surface area (Å²) in [5.41, 5.74) is 26.4. The van der Waals surface area contributed by atoms with E-state index in [1.807, 2.05) is 0 Å². The third-order valence-corrected chi connectivity index (χ3v) is 8.38. The number of hydrogen-bond acceptors (Lipinski definition) is 8. The van der Waals surface area contributed by atoms with Gasteiger partial charge in [0.25, 0.3) is 0 Å². The van der Waals surface area contributed by atoms with E-state index in [0.29, 0.717) is 23.3 Å². The van der Waals surface area contributed by atoms with Crippen molar-refractivity contribution in [2.75, 3.05) is 0 Å². The van der Waals surface area contributed by atoms with Gasteiger partial charge in [-0.1, -0.05) is 27.7 Å². The fourth-order valence-electron chi connectivity index (χ4n) is 6.01. The molecule has 0 spiro atoms. The molecule has 4 aliphatic carbocycles. The van der Waals surface area contributed by atoms with Gasteiger partial charge in [0.1, 0.15) is 23.3 Å². The number of rotatable bonds is 4. The summed E-state index contributed by atoms with van der Waals surface area (Å²) in [6.45, 7) is 16.1. The Hall–Kier alpha value is -3.18. The molecule has 0 aromatic carbocycles. The Morgan fingerprint density at radius 3 is 0.692 bits per heavy atom. The van der Waals surface area contributed by atoms with Gasteiger partial charge in [-0.05, 0) is 154 Å². The van der Waals surface area contributed by atoms with Gasteiger partial charge in [-0.15, -0.1) is 20.4 Å². The van der Waals surface area contributed by atoms with Crippen molar-refractivity contribution in [2.45, 2.75) is 158 Å². The van der Waals surface area contributed by atoms with Crippen LogP contribution in [0.2, 0.25) is 0 Å². The van der Waals surface area contributed by atoms with Crippen molar-refractivity contribution in [1.29, 1.82) is 0 Å². The maximum absolute atomic E-state index is 5.39. The van der Waals surface area contributed by atoms with Gasteiger partial charge >= 0.3 is 0 Å². The molecular formula is C36H68B4N12. The van der Waals surface area contributed by atoms with Crippen molar-refractivity contribution in [3.8, 4) is 0 Å². The minimum Gasteiger partial charge on any atom is -0.386 e. The highest BCUT2D eigenvalue weighted by Gasteiger charge is 2.15. The summed E-state index contributed by atoms with van der Waals surface area (Å²) in [5.74, 6) is 5.25. The Labute approximate surface area is 324 Å². The largest absolute Gasteiger partial charge is 0.386 e. The van der Waals surface area contributed by atoms with Gasteiger partial charge in [0.15, 0.2) is 0 Å². The molecule has 52 heavy (non-hydrogen) atoms. The number of nitrogens with zero attached hydrogens (tertiary/aromatic N) is 8. The van der Waals surface area contributed by atoms with Gasteiger partial charge in [-0.3, -0.25) is 0 Å². The third-order valence-electron chi connectivity index (χ3n) is 8.38. The van der Waals surface area contributed by atoms with Crippen LogP contribution in [0.15, 0.2) is 40.8 Å². The van der Waals surface area contributed by atoms with E-state index in [9.17, 15) is 0 Å². The van der Waals surface area contributed by atoms with Gasteiger partial charge in [0.2, 0.25) is 0 Å². The zero-order valence-corrected chi connectivity index (χ0v) is 33.8. The molecule has 4 fully saturated rings. The van der Waals surface area contributed by atoms with E-state index in [0.717, 1.165) is 75.0 Å². The average molecular weight is 712 g/mol. The normalized spacial score (nSPS) is 27.1. The highest BCUT2D eigenvalue weighted by atomic mass is 15.2. The Morgan fingerprint density at radius 1 is 0.385 bits per heavy atom. The smallest absolute Gasteiger partial charge is 0.119 e. The Balaban J connectivity index is -0.000000288. The topological polar surface area (TPSA) is 203 Å². The van der Waals surface area contributed by atoms with Crippen LogP contribution >= 0.6 is 0 Å². The van der Waals surface area contributed by atoms with E-state index in [1.165, 1.54) is 74.2 Å². The summed E-state index contributed by atoms with van der Waals surface area (Å²) in [5, 5.41) is 31.9. The molecule has 0 amide bonds. The first-order valence-electron chi connectivity index (χ1n) is 18.1. The zero-order valence-electron chi connectivity index (χ0n) is 33.8. The van der Waals surface area contributed by atoms with Crippen LogP contribution in [0.3, 0.4) is 0 Å². The minimum absolute atomic E-state index is 0. The van der Waals surface area contributed by atoms with Crippen molar-refractivity contribution >= 4 is 79.8 Å². The molecule has 0 bridgehead atoms. The van der Waals surface area contributed by atoms with Gasteiger partial charge in [0, 0.05) is 56.5 Å². The van der Waals surface area contributed by atoms with E-state index in [-0.39, 0.29) is 33.7 Å². The fraction of sp³-hybridized carbons (Fsp3) is 0.778. The molecule has 4 atom stereocenters. The average Bonchev–Trinajstić information content (AvgIpc) is 3.02. The van der Waals surface area contributed by atoms with Gasteiger partial charge in [-0.25, -0.2) is 0 Å². The molecule has 284 valence electrons. The summed E-state index contributed by atoms with van der Waals surface area (Å²) >= 11 is 0. The number of nitrogens with two attached hydrogens (primary N) is 4. The molecule has 12 nitrogen and oxygen atoms in total. The standard InChI is InChI=1S/4C9H17N3.4B/c4*1-7-4-3-5-9(6-7)12-11-8(2)10;;;;/h4*7H,3-6H2,1-2H3,(H2,10,11);;;;/b2*12-9+;2*12-9-;;;;. The molecule has 0 aromatic heterocycles. The van der Waals surface area contributed by atoms with Crippen LogP contribution in [-0.2, 0) is 0 Å². The second-order valence-corrected chi connectivity index (χ2v) is 14.4. The zero-order chi connectivity index (χ0) is 35.9. The highest BCUT2D eigenvalue weighted by Crippen LogP contribution is 2.23. The quantitative estimate of drug-likeness (QED) is 0.116. The molecule has 0 aliphatic heterocycles. The van der Waals surface area contributed by atoms with E-state index >= 15 is 0 Å². The molecule has 4 saturated carbocycles. The monoisotopic (exact) mass is 713 g/mol. The first kappa shape index (κ1) is 55.6. The molecular weight excluding hydrogens is 644 g/mol. The number of hydrogen-bond donors (Lipinski definition) is 4. The Kier molecular flexibility index (Phi) is 34.7. The van der Waals surface area contributed by atoms with Gasteiger partial charge < -0.3 is 22.9 Å². The van der Waals surface area contributed by atoms with Crippen LogP contribution in [0, 0.1) is 23.7 Å². The number of amidine groups is 4. The minimum atomic E-state index is 0. The fourth-order valence-corrected chi connectivity index (χ4v) is 6.01. The molecule has 4 rings (SSSR count). The van der Waals surface area contributed by atoms with E-state index in [4.69, 9.17) is 22.9 Å². The molecule has 4 aliphatic rings. The molecule has 0 heterocycles. The predicted molar refractivity (Wildman–Crippen MR) is 232 cm³/mol. The van der Waals surface area contributed by atoms with E-state index < -0.39 is 0 Å². The van der Waals surface area contributed by atoms with Crippen molar-refractivity contribution in [3.05, 3.63) is 0 Å². The maximum atomic E-state index is 5.39. The highest BCUT2D eigenvalue weighted by molar-refractivity contribution is 5.88. The Morgan fingerprint density at radius 2 is 0.558 bits per heavy atom. The predicted octanol–water partition coefficient (Wildman–Crippen LogP) is 6.20. The van der Waals surface area contributed by atoms with Gasteiger partial charge in [-0.2, -0.15) is 20.4 Å². The summed E-state index contributed by atoms with van der Waals surface area (Å²) in [6.07, 6.45) is 19.1. The summed E-state index contributed by atoms with van der Waals surface area (Å²) in [7, 11) is 0. The van der Waals surface area contributed by atoms with E-state index in [1.54, 1.807) is 27.7 Å². The van der Waals surface area contributed by atoms with Crippen molar-refractivity contribution in [2.24, 2.45) is 87.4 Å². The molecule has 12 radical (unpaired) electrons. The van der Waals surface area contributed by atoms with E-state index in [2.05, 4.69) is 68.5 Å². The summed E-state index contributed by atoms with van der Waals surface area (Å²) in [4.78, 5) is 0. The summed E-state index contributed by atoms with van der Waals surface area (Å²) in [6, 6.07) is 0. The van der Waals surface area contributed by atoms with Gasteiger partial charge in [0.05, 0.1) is 0 Å². The Bertz CT molecular complexity index is 1010. The first-order valence-corrected chi connectivity index (χ1v) is 18.1. The summed E-state index contributed by atoms with van der Waals surface area (Å²) < 4.78 is 0. The molecule has 0 aromatic rings. The first-order chi connectivity index (χ1) is 22.7. The van der Waals surface area contributed by atoms with Crippen molar-refractivity contribution in [1.82, 2.24) is 0 Å². The van der Waals surface area contributed by atoms with Crippen LogP contribution in [0.4, 0.5) is 0 Å². The second-order valence-electron chi connectivity index (χ2n) is 14.4. The molecule has 8 N–H and O–H groups in total. The van der Waals surface area contributed by atoms with Crippen LogP contribution in [0.1, 0.15) is 158 Å². The van der Waals surface area contributed by atoms with Crippen LogP contribution in [0.25, 0.3) is 0 Å².